The van der Waals surface area contributed by atoms with Gasteiger partial charge >= 0.3 is 0 Å². The average Bonchev–Trinajstić information content (AvgIpc) is 3.28. The zero-order chi connectivity index (χ0) is 23.2. The number of benzene rings is 2. The number of hydrogen-bond donors (Lipinski definition) is 2. The van der Waals surface area contributed by atoms with Crippen LogP contribution in [0.1, 0.15) is 25.7 Å². The largest absolute Gasteiger partial charge is 0.497 e. The van der Waals surface area contributed by atoms with Gasteiger partial charge in [0.2, 0.25) is 23.5 Å². The van der Waals surface area contributed by atoms with E-state index in [1.54, 1.807) is 31.4 Å². The van der Waals surface area contributed by atoms with Crippen molar-refractivity contribution in [3.05, 3.63) is 54.4 Å². The highest BCUT2D eigenvalue weighted by atomic mass is 16.5. The topological polar surface area (TPSA) is 110 Å². The molecular formula is C24H27N5O4. The molecule has 1 fully saturated rings. The summed E-state index contributed by atoms with van der Waals surface area (Å²) in [5.74, 6) is 1.54. The molecule has 1 atom stereocenters. The van der Waals surface area contributed by atoms with Crippen molar-refractivity contribution >= 4 is 23.2 Å². The van der Waals surface area contributed by atoms with E-state index in [-0.39, 0.29) is 17.7 Å². The first-order valence-electron chi connectivity index (χ1n) is 10.9. The second-order valence-corrected chi connectivity index (χ2v) is 8.06. The number of carbonyl (C=O) groups excluding carboxylic acids is 2. The van der Waals surface area contributed by atoms with E-state index in [0.717, 1.165) is 30.7 Å². The molecule has 0 radical (unpaired) electrons. The molecule has 3 aromatic rings. The Balaban J connectivity index is 1.32. The lowest BCUT2D eigenvalue weighted by atomic mass is 9.97. The molecule has 1 aliphatic heterocycles. The van der Waals surface area contributed by atoms with Crippen LogP contribution >= 0.6 is 0 Å². The van der Waals surface area contributed by atoms with E-state index in [1.165, 1.54) is 6.92 Å². The van der Waals surface area contributed by atoms with Crippen molar-refractivity contribution in [2.24, 2.45) is 5.92 Å². The van der Waals surface area contributed by atoms with Crippen molar-refractivity contribution in [1.29, 1.82) is 0 Å². The summed E-state index contributed by atoms with van der Waals surface area (Å²) in [5.41, 5.74) is 2.25. The minimum Gasteiger partial charge on any atom is -0.497 e. The number of piperidine rings is 1. The molecule has 9 nitrogen and oxygen atoms in total. The van der Waals surface area contributed by atoms with E-state index in [9.17, 15) is 9.59 Å². The zero-order valence-corrected chi connectivity index (χ0v) is 18.7. The maximum absolute atomic E-state index is 12.8. The van der Waals surface area contributed by atoms with Crippen LogP contribution in [0.2, 0.25) is 0 Å². The highest BCUT2D eigenvalue weighted by Crippen LogP contribution is 2.23. The molecule has 0 bridgehead atoms. The van der Waals surface area contributed by atoms with Crippen LogP contribution < -0.4 is 15.4 Å². The lowest BCUT2D eigenvalue weighted by molar-refractivity contribution is -0.121. The first kappa shape index (κ1) is 22.5. The number of ether oxygens (including phenoxy) is 1. The Labute approximate surface area is 192 Å². The number of likely N-dealkylation sites (tertiary alicyclic amines) is 1. The molecule has 1 saturated heterocycles. The summed E-state index contributed by atoms with van der Waals surface area (Å²) in [4.78, 5) is 30.6. The highest BCUT2D eigenvalue weighted by molar-refractivity contribution is 5.93. The summed E-state index contributed by atoms with van der Waals surface area (Å²) in [6.45, 7) is 3.45. The van der Waals surface area contributed by atoms with Crippen molar-refractivity contribution in [2.75, 3.05) is 30.8 Å². The molecule has 0 spiro atoms. The summed E-state index contributed by atoms with van der Waals surface area (Å²) in [5, 5.41) is 9.77. The summed E-state index contributed by atoms with van der Waals surface area (Å²) >= 11 is 0. The number of methoxy groups -OCH3 is 1. The van der Waals surface area contributed by atoms with Crippen molar-refractivity contribution in [1.82, 2.24) is 15.0 Å². The van der Waals surface area contributed by atoms with Crippen LogP contribution in [0, 0.1) is 5.92 Å². The number of hydrogen-bond acceptors (Lipinski definition) is 7. The predicted molar refractivity (Wildman–Crippen MR) is 124 cm³/mol. The Morgan fingerprint density at radius 2 is 1.79 bits per heavy atom. The van der Waals surface area contributed by atoms with Gasteiger partial charge in [0.05, 0.1) is 19.6 Å². The van der Waals surface area contributed by atoms with E-state index in [4.69, 9.17) is 9.26 Å². The number of carbonyl (C=O) groups is 2. The van der Waals surface area contributed by atoms with E-state index >= 15 is 0 Å². The molecule has 4 rings (SSSR count). The number of aromatic nitrogens is 2. The first-order valence-corrected chi connectivity index (χ1v) is 10.9. The molecule has 2 amide bonds. The van der Waals surface area contributed by atoms with Gasteiger partial charge in [-0.2, -0.15) is 4.98 Å². The molecule has 1 aliphatic rings. The Morgan fingerprint density at radius 1 is 1.09 bits per heavy atom. The van der Waals surface area contributed by atoms with Gasteiger partial charge in [0.25, 0.3) is 0 Å². The van der Waals surface area contributed by atoms with E-state index in [1.807, 2.05) is 24.3 Å². The second kappa shape index (κ2) is 10.3. The third-order valence-corrected chi connectivity index (χ3v) is 5.52. The van der Waals surface area contributed by atoms with Crippen LogP contribution in [0.25, 0.3) is 11.4 Å². The monoisotopic (exact) mass is 449 g/mol. The van der Waals surface area contributed by atoms with Crippen LogP contribution in [0.15, 0.2) is 53.1 Å². The standard InChI is InChI=1S/C24H27N5O4/c1-16(30)25-19-7-9-20(10-8-19)26-24(31)18-4-3-13-29(14-18)15-22-27-23(28-33-22)17-5-11-21(32-2)12-6-17/h5-12,18H,3-4,13-15H2,1-2H3,(H,25,30)(H,26,31). The molecule has 33 heavy (non-hydrogen) atoms. The van der Waals surface area contributed by atoms with Gasteiger partial charge in [-0.25, -0.2) is 0 Å². The molecule has 1 aromatic heterocycles. The first-order chi connectivity index (χ1) is 16.0. The minimum absolute atomic E-state index is 0.0172. The number of rotatable bonds is 7. The molecule has 2 aromatic carbocycles. The summed E-state index contributed by atoms with van der Waals surface area (Å²) < 4.78 is 10.6. The molecule has 172 valence electrons. The summed E-state index contributed by atoms with van der Waals surface area (Å²) in [6.07, 6.45) is 1.74. The van der Waals surface area contributed by atoms with E-state index in [2.05, 4.69) is 25.7 Å². The predicted octanol–water partition coefficient (Wildman–Crippen LogP) is 3.55. The smallest absolute Gasteiger partial charge is 0.241 e. The van der Waals surface area contributed by atoms with Crippen LogP contribution in [-0.4, -0.2) is 47.1 Å². The van der Waals surface area contributed by atoms with Gasteiger partial charge in [0.1, 0.15) is 5.75 Å². The number of nitrogens with zero attached hydrogens (tertiary/aromatic N) is 3. The van der Waals surface area contributed by atoms with Gasteiger partial charge in [-0.15, -0.1) is 0 Å². The normalized spacial score (nSPS) is 16.2. The molecule has 0 saturated carbocycles. The average molecular weight is 450 g/mol. The van der Waals surface area contributed by atoms with Gasteiger partial charge < -0.3 is 19.9 Å². The molecule has 2 heterocycles. The van der Waals surface area contributed by atoms with Gasteiger partial charge in [0.15, 0.2) is 0 Å². The molecule has 0 aliphatic carbocycles. The van der Waals surface area contributed by atoms with Crippen LogP contribution in [0.3, 0.4) is 0 Å². The lowest BCUT2D eigenvalue weighted by Crippen LogP contribution is -2.40. The van der Waals surface area contributed by atoms with Gasteiger partial charge in [-0.3, -0.25) is 14.5 Å². The zero-order valence-electron chi connectivity index (χ0n) is 18.7. The van der Waals surface area contributed by atoms with Crippen LogP contribution in [0.5, 0.6) is 5.75 Å². The SMILES string of the molecule is COc1ccc(-c2noc(CN3CCCC(C(=O)Nc4ccc(NC(C)=O)cc4)C3)n2)cc1. The number of nitrogens with one attached hydrogen (secondary N) is 2. The fourth-order valence-electron chi connectivity index (χ4n) is 3.87. The second-order valence-electron chi connectivity index (χ2n) is 8.06. The van der Waals surface area contributed by atoms with Crippen LogP contribution in [0.4, 0.5) is 11.4 Å². The number of amides is 2. The Kier molecular flexibility index (Phi) is 6.99. The van der Waals surface area contributed by atoms with E-state index < -0.39 is 0 Å². The third kappa shape index (κ3) is 5.95. The van der Waals surface area contributed by atoms with E-state index in [0.29, 0.717) is 36.2 Å². The Morgan fingerprint density at radius 3 is 2.45 bits per heavy atom. The third-order valence-electron chi connectivity index (χ3n) is 5.52. The molecule has 9 heteroatoms. The van der Waals surface area contributed by atoms with Gasteiger partial charge in [-0.05, 0) is 67.9 Å². The maximum Gasteiger partial charge on any atom is 0.241 e. The van der Waals surface area contributed by atoms with Crippen molar-refractivity contribution in [3.8, 4) is 17.1 Å². The number of anilines is 2. The molecular weight excluding hydrogens is 422 g/mol. The van der Waals surface area contributed by atoms with Gasteiger partial charge in [-0.1, -0.05) is 5.16 Å². The molecule has 1 unspecified atom stereocenters. The molecule has 2 N–H and O–H groups in total. The fraction of sp³-hybridized carbons (Fsp3) is 0.333. The van der Waals surface area contributed by atoms with Crippen molar-refractivity contribution in [2.45, 2.75) is 26.3 Å². The minimum atomic E-state index is -0.133. The fourth-order valence-corrected chi connectivity index (χ4v) is 3.87. The summed E-state index contributed by atoms with van der Waals surface area (Å²) in [7, 11) is 1.62. The maximum atomic E-state index is 12.8. The highest BCUT2D eigenvalue weighted by Gasteiger charge is 2.27. The van der Waals surface area contributed by atoms with Gasteiger partial charge in [0, 0.05) is 30.4 Å². The van der Waals surface area contributed by atoms with Crippen molar-refractivity contribution in [3.63, 3.8) is 0 Å². The van der Waals surface area contributed by atoms with Crippen LogP contribution in [-0.2, 0) is 16.1 Å². The lowest BCUT2D eigenvalue weighted by Gasteiger charge is -2.30. The Bertz CT molecular complexity index is 1090. The quantitative estimate of drug-likeness (QED) is 0.568. The Hall–Kier alpha value is -3.72. The summed E-state index contributed by atoms with van der Waals surface area (Å²) in [6, 6.07) is 14.6. The van der Waals surface area contributed by atoms with Crippen molar-refractivity contribution < 1.29 is 18.8 Å².